The molecule has 320 valence electrons. The van der Waals surface area contributed by atoms with Gasteiger partial charge in [-0.15, -0.1) is 0 Å². The molecule has 1 aliphatic rings. The third kappa shape index (κ3) is 32.0. The van der Waals surface area contributed by atoms with Crippen LogP contribution in [0.4, 0.5) is 0 Å². The summed E-state index contributed by atoms with van der Waals surface area (Å²) in [5.41, 5.74) is 0. The Kier molecular flexibility index (Phi) is 29.2. The Morgan fingerprint density at radius 2 is 1.33 bits per heavy atom. The summed E-state index contributed by atoms with van der Waals surface area (Å²) in [7, 11) is -9.68. The van der Waals surface area contributed by atoms with Crippen LogP contribution in [0.3, 0.4) is 0 Å². The van der Waals surface area contributed by atoms with Gasteiger partial charge in [0.15, 0.2) is 6.10 Å². The highest BCUT2D eigenvalue weighted by Crippen LogP contribution is 2.44. The van der Waals surface area contributed by atoms with E-state index in [1.807, 2.05) is 12.2 Å². The lowest BCUT2D eigenvalue weighted by Gasteiger charge is -2.20. The zero-order valence-corrected chi connectivity index (χ0v) is 35.2. The second-order valence-corrected chi connectivity index (χ2v) is 16.9. The summed E-state index contributed by atoms with van der Waals surface area (Å²) in [6.07, 6.45) is 27.8. The van der Waals surface area contributed by atoms with Crippen LogP contribution in [-0.4, -0.2) is 82.6 Å². The number of hydrogen-bond acceptors (Lipinski definition) is 11. The van der Waals surface area contributed by atoms with Gasteiger partial charge in [0.2, 0.25) is 0 Å². The van der Waals surface area contributed by atoms with Crippen molar-refractivity contribution >= 4 is 27.6 Å². The van der Waals surface area contributed by atoms with Crippen molar-refractivity contribution in [3.63, 3.8) is 0 Å². The highest BCUT2D eigenvalue weighted by Gasteiger charge is 2.36. The van der Waals surface area contributed by atoms with E-state index in [4.69, 9.17) is 28.5 Å². The number of epoxide rings is 1. The zero-order valence-electron chi connectivity index (χ0n) is 33.4. The molecule has 16 heteroatoms. The maximum absolute atomic E-state index is 12.6. The number of aliphatic hydroxyl groups excluding tert-OH is 1. The first-order valence-electron chi connectivity index (χ1n) is 20.2. The molecular formula is C39H70O14P2. The molecule has 1 aliphatic heterocycles. The van der Waals surface area contributed by atoms with Crippen molar-refractivity contribution in [2.75, 3.05) is 26.4 Å². The minimum atomic E-state index is -4.87. The highest BCUT2D eigenvalue weighted by molar-refractivity contribution is 7.47. The molecule has 4 unspecified atom stereocenters. The van der Waals surface area contributed by atoms with Crippen LogP contribution in [0.2, 0.25) is 0 Å². The molecule has 0 bridgehead atoms. The molecule has 55 heavy (non-hydrogen) atoms. The van der Waals surface area contributed by atoms with Crippen molar-refractivity contribution in [2.24, 2.45) is 5.92 Å². The van der Waals surface area contributed by atoms with Crippen molar-refractivity contribution < 1.29 is 66.3 Å². The Hall–Kier alpha value is -1.70. The molecule has 0 aliphatic carbocycles. The number of ether oxygens (including phenoxy) is 3. The van der Waals surface area contributed by atoms with Gasteiger partial charge in [-0.2, -0.15) is 0 Å². The Morgan fingerprint density at radius 3 is 2.02 bits per heavy atom. The summed E-state index contributed by atoms with van der Waals surface area (Å²) in [4.78, 5) is 52.5. The van der Waals surface area contributed by atoms with Gasteiger partial charge in [-0.3, -0.25) is 23.2 Å². The van der Waals surface area contributed by atoms with Crippen LogP contribution in [0.5, 0.6) is 0 Å². The number of phosphoric acid groups is 2. The van der Waals surface area contributed by atoms with Gasteiger partial charge >= 0.3 is 27.6 Å². The van der Waals surface area contributed by atoms with E-state index in [0.717, 1.165) is 50.9 Å². The average Bonchev–Trinajstić information content (AvgIpc) is 3.89. The molecule has 0 amide bonds. The van der Waals surface area contributed by atoms with Gasteiger partial charge < -0.3 is 34.0 Å². The molecule has 0 aromatic carbocycles. The summed E-state index contributed by atoms with van der Waals surface area (Å²) in [6.45, 7) is 3.89. The number of phosphoric ester groups is 2. The number of carbonyl (C=O) groups excluding carboxylic acids is 2. The second-order valence-electron chi connectivity index (χ2n) is 14.2. The molecule has 0 aromatic heterocycles. The fourth-order valence-corrected chi connectivity index (χ4v) is 6.56. The van der Waals surface area contributed by atoms with E-state index in [2.05, 4.69) is 54.1 Å². The number of unbranched alkanes of at least 4 members (excludes halogenated alkanes) is 8. The Bertz CT molecular complexity index is 1200. The van der Waals surface area contributed by atoms with Gasteiger partial charge in [0.25, 0.3) is 0 Å². The molecule has 1 fully saturated rings. The maximum atomic E-state index is 12.6. The molecule has 0 aromatic rings. The number of carbonyl (C=O) groups is 2. The van der Waals surface area contributed by atoms with Crippen LogP contribution < -0.4 is 0 Å². The SMILES string of the molecule is CCCCCC1OC1C/C=C\C/C=C\C/C=C\CCCC(=O)O[C@H](COC(=O)CCCCCCCCC(C)CC)COP(=O)(O)OC[C@@H](O)COP(=O)(O)O. The van der Waals surface area contributed by atoms with E-state index in [-0.39, 0.29) is 12.8 Å². The van der Waals surface area contributed by atoms with Gasteiger partial charge in [-0.05, 0) is 50.9 Å². The smallest absolute Gasteiger partial charge is 0.462 e. The average molecular weight is 825 g/mol. The molecule has 4 N–H and O–H groups in total. The fraction of sp³-hybridized carbons (Fsp3) is 0.795. The van der Waals surface area contributed by atoms with Crippen LogP contribution in [0, 0.1) is 5.92 Å². The zero-order chi connectivity index (χ0) is 40.8. The highest BCUT2D eigenvalue weighted by atomic mass is 31.2. The minimum Gasteiger partial charge on any atom is -0.462 e. The predicted octanol–water partition coefficient (Wildman–Crippen LogP) is 8.57. The van der Waals surface area contributed by atoms with Crippen molar-refractivity contribution in [3.05, 3.63) is 36.5 Å². The predicted molar refractivity (Wildman–Crippen MR) is 211 cm³/mol. The summed E-state index contributed by atoms with van der Waals surface area (Å²) in [6, 6.07) is 0. The lowest BCUT2D eigenvalue weighted by atomic mass is 10.00. The van der Waals surface area contributed by atoms with Crippen LogP contribution in [0.15, 0.2) is 36.5 Å². The molecule has 1 saturated heterocycles. The minimum absolute atomic E-state index is 0.0516. The lowest BCUT2D eigenvalue weighted by Crippen LogP contribution is -2.29. The largest absolute Gasteiger partial charge is 0.472 e. The molecule has 1 heterocycles. The number of aliphatic hydroxyl groups is 1. The Labute approximate surface area is 329 Å². The number of hydrogen-bond donors (Lipinski definition) is 4. The maximum Gasteiger partial charge on any atom is 0.472 e. The third-order valence-corrected chi connectivity index (χ3v) is 10.4. The van der Waals surface area contributed by atoms with Crippen molar-refractivity contribution in [1.29, 1.82) is 0 Å². The Morgan fingerprint density at radius 1 is 0.709 bits per heavy atom. The van der Waals surface area contributed by atoms with Crippen molar-refractivity contribution in [3.8, 4) is 0 Å². The summed E-state index contributed by atoms with van der Waals surface area (Å²) in [5, 5.41) is 9.72. The molecule has 6 atom stereocenters. The number of rotatable bonds is 36. The van der Waals surface area contributed by atoms with E-state index < -0.39 is 66.2 Å². The molecule has 14 nitrogen and oxygen atoms in total. The summed E-state index contributed by atoms with van der Waals surface area (Å²) < 4.78 is 53.3. The van der Waals surface area contributed by atoms with Gasteiger partial charge in [-0.1, -0.05) is 121 Å². The van der Waals surface area contributed by atoms with Crippen molar-refractivity contribution in [1.82, 2.24) is 0 Å². The first-order valence-corrected chi connectivity index (χ1v) is 23.2. The number of esters is 2. The van der Waals surface area contributed by atoms with E-state index in [0.29, 0.717) is 31.5 Å². The van der Waals surface area contributed by atoms with Gasteiger partial charge in [-0.25, -0.2) is 9.13 Å². The van der Waals surface area contributed by atoms with E-state index in [1.165, 1.54) is 44.9 Å². The quantitative estimate of drug-likeness (QED) is 0.0154. The molecule has 1 rings (SSSR count). The van der Waals surface area contributed by atoms with Gasteiger partial charge in [0.1, 0.15) is 12.7 Å². The first kappa shape index (κ1) is 51.3. The monoisotopic (exact) mass is 824 g/mol. The lowest BCUT2D eigenvalue weighted by molar-refractivity contribution is -0.161. The van der Waals surface area contributed by atoms with E-state index in [1.54, 1.807) is 0 Å². The van der Waals surface area contributed by atoms with E-state index in [9.17, 15) is 28.7 Å². The first-order chi connectivity index (χ1) is 26.2. The standard InChI is InChI=1S/C39H70O14P2/c1-4-6-19-25-36-37(53-36)26-21-16-11-9-7-8-10-12-18-23-28-39(42)52-35(32-51-55(46,47)50-30-34(40)29-49-54(43,44)45)31-48-38(41)27-22-17-14-13-15-20-24-33(3)5-2/h7,9-10,12,16,21,33-37,40H,4-6,8,11,13-15,17-20,22-32H2,1-3H3,(H,46,47)(H2,43,44,45)/b9-7-,12-10-,21-16-/t33?,34-,35+,36?,37?/m0/s1. The number of allylic oxidation sites excluding steroid dienone is 5. The normalized spacial score (nSPS) is 18.8. The second kappa shape index (κ2) is 31.3. The van der Waals surface area contributed by atoms with Crippen LogP contribution in [0.25, 0.3) is 0 Å². The topological polar surface area (TPSA) is 208 Å². The summed E-state index contributed by atoms with van der Waals surface area (Å²) in [5.74, 6) is -0.361. The van der Waals surface area contributed by atoms with Crippen molar-refractivity contribution in [2.45, 2.75) is 167 Å². The van der Waals surface area contributed by atoms with Crippen LogP contribution >= 0.6 is 15.6 Å². The van der Waals surface area contributed by atoms with Crippen LogP contribution in [-0.2, 0) is 46.5 Å². The summed E-state index contributed by atoms with van der Waals surface area (Å²) >= 11 is 0. The Balaban J connectivity index is 2.42. The molecular weight excluding hydrogens is 754 g/mol. The molecule has 0 radical (unpaired) electrons. The third-order valence-electron chi connectivity index (χ3n) is 8.99. The van der Waals surface area contributed by atoms with E-state index >= 15 is 0 Å². The van der Waals surface area contributed by atoms with Crippen LogP contribution in [0.1, 0.15) is 143 Å². The fourth-order valence-electron chi connectivity index (χ4n) is 5.41. The molecule has 0 saturated carbocycles. The van der Waals surface area contributed by atoms with Gasteiger partial charge in [0.05, 0.1) is 32.0 Å². The molecule has 0 spiro atoms. The van der Waals surface area contributed by atoms with Gasteiger partial charge in [0, 0.05) is 12.8 Å².